The molecule has 5 rings (SSSR count). The van der Waals surface area contributed by atoms with Crippen molar-refractivity contribution in [2.75, 3.05) is 0 Å². The van der Waals surface area contributed by atoms with Crippen LogP contribution in [0.25, 0.3) is 10.1 Å². The summed E-state index contributed by atoms with van der Waals surface area (Å²) in [7, 11) is 0. The molecule has 0 aliphatic carbocycles. The normalized spacial score (nSPS) is 15.7. The molecule has 4 heteroatoms. The second kappa shape index (κ2) is 3.80. The van der Waals surface area contributed by atoms with Gasteiger partial charge in [-0.1, -0.05) is 36.4 Å². The molecule has 2 aromatic carbocycles. The number of fused-ring (bicyclic) bond motifs is 6. The molecule has 1 aromatic heterocycles. The number of hydrogen-bond acceptors (Lipinski definition) is 3. The summed E-state index contributed by atoms with van der Waals surface area (Å²) in [6.07, 6.45) is 0. The highest BCUT2D eigenvalue weighted by molar-refractivity contribution is 7.21. The van der Waals surface area contributed by atoms with Crippen LogP contribution in [0, 0.1) is 0 Å². The molecule has 21 heavy (non-hydrogen) atoms. The van der Waals surface area contributed by atoms with Crippen molar-refractivity contribution in [1.29, 1.82) is 0 Å². The van der Waals surface area contributed by atoms with Crippen molar-refractivity contribution >= 4 is 38.9 Å². The van der Waals surface area contributed by atoms with Gasteiger partial charge in [-0.2, -0.15) is 0 Å². The van der Waals surface area contributed by atoms with Crippen molar-refractivity contribution in [3.8, 4) is 0 Å². The van der Waals surface area contributed by atoms with Crippen LogP contribution in [0.2, 0.25) is 0 Å². The van der Waals surface area contributed by atoms with Gasteiger partial charge in [0.05, 0.1) is 22.7 Å². The molecule has 3 aromatic rings. The molecule has 3 nitrogen and oxygen atoms in total. The second-order valence-corrected chi connectivity index (χ2v) is 6.31. The summed E-state index contributed by atoms with van der Waals surface area (Å²) in [5, 5.41) is 1.05. The van der Waals surface area contributed by atoms with E-state index in [9.17, 15) is 4.79 Å². The van der Waals surface area contributed by atoms with Crippen molar-refractivity contribution in [3.05, 3.63) is 64.5 Å². The van der Waals surface area contributed by atoms with Crippen LogP contribution >= 0.6 is 11.3 Å². The molecule has 2 aliphatic heterocycles. The zero-order valence-electron chi connectivity index (χ0n) is 11.0. The summed E-state index contributed by atoms with van der Waals surface area (Å²) in [5.74, 6) is 0.894. The van der Waals surface area contributed by atoms with E-state index in [4.69, 9.17) is 4.99 Å². The summed E-state index contributed by atoms with van der Waals surface area (Å²) in [6.45, 7) is 0.615. The van der Waals surface area contributed by atoms with Gasteiger partial charge in [-0.05, 0) is 17.7 Å². The molecule has 2 aliphatic rings. The summed E-state index contributed by atoms with van der Waals surface area (Å²) < 4.78 is 1.15. The van der Waals surface area contributed by atoms with E-state index >= 15 is 0 Å². The Morgan fingerprint density at radius 3 is 2.81 bits per heavy atom. The number of amidine groups is 1. The Bertz CT molecular complexity index is 954. The number of para-hydroxylation sites is 1. The van der Waals surface area contributed by atoms with Gasteiger partial charge >= 0.3 is 0 Å². The van der Waals surface area contributed by atoms with Gasteiger partial charge in [0.1, 0.15) is 0 Å². The number of aliphatic imine (C=N–C) groups is 1. The quantitative estimate of drug-likeness (QED) is 0.617. The third kappa shape index (κ3) is 1.37. The first-order valence-electron chi connectivity index (χ1n) is 6.83. The van der Waals surface area contributed by atoms with Gasteiger partial charge < -0.3 is 0 Å². The van der Waals surface area contributed by atoms with E-state index in [1.807, 2.05) is 42.5 Å². The van der Waals surface area contributed by atoms with E-state index in [0.717, 1.165) is 37.6 Å². The summed E-state index contributed by atoms with van der Waals surface area (Å²) in [6, 6.07) is 16.1. The van der Waals surface area contributed by atoms with E-state index in [0.29, 0.717) is 6.54 Å². The van der Waals surface area contributed by atoms with Gasteiger partial charge in [-0.25, -0.2) is 4.99 Å². The first-order valence-corrected chi connectivity index (χ1v) is 7.65. The molecule has 0 unspecified atom stereocenters. The van der Waals surface area contributed by atoms with Gasteiger partial charge in [-0.15, -0.1) is 11.3 Å². The molecular formula is C17H10N2OS. The van der Waals surface area contributed by atoms with Crippen molar-refractivity contribution in [1.82, 2.24) is 4.90 Å². The molecule has 0 N–H and O–H groups in total. The molecule has 0 saturated carbocycles. The predicted molar refractivity (Wildman–Crippen MR) is 84.3 cm³/mol. The number of carbonyl (C=O) groups is 1. The highest BCUT2D eigenvalue weighted by atomic mass is 32.1. The third-order valence-electron chi connectivity index (χ3n) is 4.06. The monoisotopic (exact) mass is 290 g/mol. The van der Waals surface area contributed by atoms with Crippen LogP contribution in [0.5, 0.6) is 0 Å². The van der Waals surface area contributed by atoms with Crippen molar-refractivity contribution in [2.24, 2.45) is 4.99 Å². The first kappa shape index (κ1) is 11.2. The number of nitrogens with zero attached hydrogens (tertiary/aromatic N) is 2. The van der Waals surface area contributed by atoms with E-state index < -0.39 is 0 Å². The minimum Gasteiger partial charge on any atom is -0.287 e. The van der Waals surface area contributed by atoms with Gasteiger partial charge in [0.15, 0.2) is 5.84 Å². The number of benzene rings is 2. The first-order chi connectivity index (χ1) is 10.3. The van der Waals surface area contributed by atoms with E-state index in [1.54, 1.807) is 16.2 Å². The number of amides is 1. The van der Waals surface area contributed by atoms with Crippen LogP contribution in [0.1, 0.15) is 20.8 Å². The zero-order chi connectivity index (χ0) is 14.0. The molecule has 0 radical (unpaired) electrons. The average molecular weight is 290 g/mol. The summed E-state index contributed by atoms with van der Waals surface area (Å²) in [5.41, 5.74) is 2.90. The lowest BCUT2D eigenvalue weighted by Crippen LogP contribution is -2.31. The fourth-order valence-electron chi connectivity index (χ4n) is 3.06. The van der Waals surface area contributed by atoms with E-state index in [1.165, 1.54) is 0 Å². The van der Waals surface area contributed by atoms with Gasteiger partial charge in [0.2, 0.25) is 0 Å². The zero-order valence-corrected chi connectivity index (χ0v) is 11.9. The Hall–Kier alpha value is -2.46. The van der Waals surface area contributed by atoms with Crippen LogP contribution < -0.4 is 0 Å². The second-order valence-electron chi connectivity index (χ2n) is 5.26. The van der Waals surface area contributed by atoms with Gasteiger partial charge in [-0.3, -0.25) is 9.69 Å². The van der Waals surface area contributed by atoms with Crippen molar-refractivity contribution in [2.45, 2.75) is 6.54 Å². The minimum absolute atomic E-state index is 0.0794. The molecule has 0 spiro atoms. The molecular weight excluding hydrogens is 280 g/mol. The Balaban J connectivity index is 1.82. The Morgan fingerprint density at radius 1 is 1.05 bits per heavy atom. The van der Waals surface area contributed by atoms with Crippen LogP contribution in [0.3, 0.4) is 0 Å². The fourth-order valence-corrected chi connectivity index (χ4v) is 4.26. The largest absolute Gasteiger partial charge is 0.287 e. The van der Waals surface area contributed by atoms with Gasteiger partial charge in [0.25, 0.3) is 5.91 Å². The van der Waals surface area contributed by atoms with Crippen molar-refractivity contribution in [3.63, 3.8) is 0 Å². The maximum absolute atomic E-state index is 12.8. The molecule has 0 saturated heterocycles. The van der Waals surface area contributed by atoms with Crippen molar-refractivity contribution < 1.29 is 4.79 Å². The number of hydrogen-bond donors (Lipinski definition) is 0. The Kier molecular flexibility index (Phi) is 2.03. The van der Waals surface area contributed by atoms with Crippen LogP contribution in [-0.4, -0.2) is 16.6 Å². The van der Waals surface area contributed by atoms with Gasteiger partial charge in [0, 0.05) is 10.1 Å². The minimum atomic E-state index is 0.0794. The molecule has 0 bridgehead atoms. The molecule has 1 amide bonds. The molecule has 0 atom stereocenters. The van der Waals surface area contributed by atoms with E-state index in [-0.39, 0.29) is 5.91 Å². The Labute approximate surface area is 125 Å². The predicted octanol–water partition coefficient (Wildman–Crippen LogP) is 3.95. The third-order valence-corrected chi connectivity index (χ3v) is 5.23. The highest BCUT2D eigenvalue weighted by Gasteiger charge is 2.39. The standard InChI is InChI=1S/C17H10N2OS/c20-17-14-11-6-2-4-8-13(11)21-15(14)16-18-12-7-3-1-5-10(12)9-19(16)17/h1-8H,9H2. The maximum atomic E-state index is 12.8. The number of carbonyl (C=O) groups excluding carboxylic acids is 1. The molecule has 0 fully saturated rings. The summed E-state index contributed by atoms with van der Waals surface area (Å²) in [4.78, 5) is 20.3. The lowest BCUT2D eigenvalue weighted by Gasteiger charge is -2.23. The Morgan fingerprint density at radius 2 is 1.86 bits per heavy atom. The fraction of sp³-hybridized carbons (Fsp3) is 0.0588. The highest BCUT2D eigenvalue weighted by Crippen LogP contribution is 2.41. The van der Waals surface area contributed by atoms with Crippen LogP contribution in [0.4, 0.5) is 5.69 Å². The number of thiophene rings is 1. The van der Waals surface area contributed by atoms with Crippen LogP contribution in [-0.2, 0) is 6.54 Å². The smallest absolute Gasteiger partial charge is 0.262 e. The lowest BCUT2D eigenvalue weighted by atomic mass is 10.1. The van der Waals surface area contributed by atoms with Crippen LogP contribution in [0.15, 0.2) is 53.5 Å². The maximum Gasteiger partial charge on any atom is 0.262 e. The SMILES string of the molecule is O=C1c2c(sc3ccccc23)C2=Nc3ccccc3CN12. The topological polar surface area (TPSA) is 32.7 Å². The number of rotatable bonds is 0. The summed E-state index contributed by atoms with van der Waals surface area (Å²) >= 11 is 1.66. The molecule has 3 heterocycles. The lowest BCUT2D eigenvalue weighted by molar-refractivity contribution is 0.0853. The average Bonchev–Trinajstić information content (AvgIpc) is 3.03. The van der Waals surface area contributed by atoms with E-state index in [2.05, 4.69) is 6.07 Å². The molecule has 100 valence electrons.